The third-order valence-corrected chi connectivity index (χ3v) is 4.86. The van der Waals surface area contributed by atoms with Gasteiger partial charge < -0.3 is 5.32 Å². The SMILES string of the molecule is CCNC(Cc1cc(F)ccc1C)CC1CCCCCC1. The molecular formula is C19H30FN. The minimum absolute atomic E-state index is 0.111. The minimum Gasteiger partial charge on any atom is -0.314 e. The highest BCUT2D eigenvalue weighted by molar-refractivity contribution is 5.27. The zero-order chi connectivity index (χ0) is 15.1. The molecule has 0 spiro atoms. The molecule has 1 aromatic carbocycles. The van der Waals surface area contributed by atoms with Gasteiger partial charge in [0.05, 0.1) is 0 Å². The molecule has 1 nitrogen and oxygen atoms in total. The Morgan fingerprint density at radius 2 is 1.90 bits per heavy atom. The van der Waals surface area contributed by atoms with E-state index in [2.05, 4.69) is 19.2 Å². The molecule has 0 aliphatic heterocycles. The molecule has 1 atom stereocenters. The van der Waals surface area contributed by atoms with Crippen molar-refractivity contribution in [1.29, 1.82) is 0 Å². The zero-order valence-corrected chi connectivity index (χ0v) is 13.6. The van der Waals surface area contributed by atoms with Crippen LogP contribution in [0, 0.1) is 18.7 Å². The highest BCUT2D eigenvalue weighted by Gasteiger charge is 2.18. The van der Waals surface area contributed by atoms with Crippen molar-refractivity contribution < 1.29 is 4.39 Å². The van der Waals surface area contributed by atoms with Crippen LogP contribution in [0.15, 0.2) is 18.2 Å². The number of benzene rings is 1. The van der Waals surface area contributed by atoms with Gasteiger partial charge in [-0.15, -0.1) is 0 Å². The average Bonchev–Trinajstić information content (AvgIpc) is 2.72. The number of halogens is 1. The Bertz CT molecular complexity index is 422. The van der Waals surface area contributed by atoms with Crippen LogP contribution < -0.4 is 5.32 Å². The van der Waals surface area contributed by atoms with Gasteiger partial charge >= 0.3 is 0 Å². The average molecular weight is 291 g/mol. The molecule has 1 unspecified atom stereocenters. The molecule has 0 heterocycles. The van der Waals surface area contributed by atoms with Crippen LogP contribution in [-0.2, 0) is 6.42 Å². The fourth-order valence-electron chi connectivity index (χ4n) is 3.65. The first-order chi connectivity index (χ1) is 10.2. The molecule has 2 rings (SSSR count). The van der Waals surface area contributed by atoms with Crippen LogP contribution in [0.25, 0.3) is 0 Å². The molecule has 0 aromatic heterocycles. The summed E-state index contributed by atoms with van der Waals surface area (Å²) in [6.07, 6.45) is 10.5. The van der Waals surface area contributed by atoms with Crippen LogP contribution in [0.4, 0.5) is 4.39 Å². The Labute approximate surface area is 129 Å². The standard InChI is InChI=1S/C19H30FN/c1-3-21-19(12-16-8-6-4-5-7-9-16)14-17-13-18(20)11-10-15(17)2/h10-11,13,16,19,21H,3-9,12,14H2,1-2H3. The van der Waals surface area contributed by atoms with Gasteiger partial charge in [-0.2, -0.15) is 0 Å². The lowest BCUT2D eigenvalue weighted by atomic mass is 9.89. The fraction of sp³-hybridized carbons (Fsp3) is 0.684. The second-order valence-electron chi connectivity index (χ2n) is 6.62. The maximum atomic E-state index is 13.5. The molecule has 21 heavy (non-hydrogen) atoms. The van der Waals surface area contributed by atoms with Gasteiger partial charge in [0.1, 0.15) is 5.82 Å². The number of nitrogens with one attached hydrogen (secondary N) is 1. The van der Waals surface area contributed by atoms with Crippen LogP contribution in [0.1, 0.15) is 63.0 Å². The monoisotopic (exact) mass is 291 g/mol. The summed E-state index contributed by atoms with van der Waals surface area (Å²) in [7, 11) is 0. The maximum Gasteiger partial charge on any atom is 0.123 e. The van der Waals surface area contributed by atoms with Crippen molar-refractivity contribution in [3.05, 3.63) is 35.1 Å². The Kier molecular flexibility index (Phi) is 6.69. The number of likely N-dealkylation sites (N-methyl/N-ethyl adjacent to an activating group) is 1. The summed E-state index contributed by atoms with van der Waals surface area (Å²) in [5.41, 5.74) is 2.37. The Morgan fingerprint density at radius 1 is 1.19 bits per heavy atom. The van der Waals surface area contributed by atoms with Gasteiger partial charge in [-0.05, 0) is 55.5 Å². The van der Waals surface area contributed by atoms with Gasteiger partial charge in [0.2, 0.25) is 0 Å². The van der Waals surface area contributed by atoms with Crippen LogP contribution in [-0.4, -0.2) is 12.6 Å². The predicted octanol–water partition coefficient (Wildman–Crippen LogP) is 5.02. The molecule has 1 saturated carbocycles. The highest BCUT2D eigenvalue weighted by Crippen LogP contribution is 2.27. The van der Waals surface area contributed by atoms with Crippen molar-refractivity contribution in [2.75, 3.05) is 6.54 Å². The summed E-state index contributed by atoms with van der Waals surface area (Å²) in [6, 6.07) is 5.66. The summed E-state index contributed by atoms with van der Waals surface area (Å²) in [6.45, 7) is 5.24. The van der Waals surface area contributed by atoms with Crippen LogP contribution in [0.2, 0.25) is 0 Å². The van der Waals surface area contributed by atoms with Crippen LogP contribution >= 0.6 is 0 Å². The van der Waals surface area contributed by atoms with E-state index in [1.807, 2.05) is 6.07 Å². The lowest BCUT2D eigenvalue weighted by molar-refractivity contribution is 0.352. The van der Waals surface area contributed by atoms with Crippen molar-refractivity contribution >= 4 is 0 Å². The Hall–Kier alpha value is -0.890. The number of hydrogen-bond donors (Lipinski definition) is 1. The molecule has 1 fully saturated rings. The van der Waals surface area contributed by atoms with Gasteiger partial charge in [-0.3, -0.25) is 0 Å². The Balaban J connectivity index is 1.98. The molecule has 1 N–H and O–H groups in total. The molecule has 2 heteroatoms. The van der Waals surface area contributed by atoms with E-state index in [-0.39, 0.29) is 5.82 Å². The first kappa shape index (κ1) is 16.5. The van der Waals surface area contributed by atoms with Gasteiger partial charge in [-0.1, -0.05) is 51.5 Å². The summed E-state index contributed by atoms with van der Waals surface area (Å²) in [5, 5.41) is 3.62. The third kappa shape index (κ3) is 5.43. The summed E-state index contributed by atoms with van der Waals surface area (Å²) in [4.78, 5) is 0. The lowest BCUT2D eigenvalue weighted by Gasteiger charge is -2.24. The normalized spacial score (nSPS) is 18.4. The van der Waals surface area contributed by atoms with Crippen molar-refractivity contribution in [2.45, 2.75) is 71.3 Å². The van der Waals surface area contributed by atoms with E-state index in [4.69, 9.17) is 0 Å². The summed E-state index contributed by atoms with van der Waals surface area (Å²) >= 11 is 0. The van der Waals surface area contributed by atoms with E-state index < -0.39 is 0 Å². The quantitative estimate of drug-likeness (QED) is 0.726. The van der Waals surface area contributed by atoms with E-state index >= 15 is 0 Å². The van der Waals surface area contributed by atoms with E-state index in [1.165, 1.54) is 50.5 Å². The van der Waals surface area contributed by atoms with Gasteiger partial charge in [0, 0.05) is 6.04 Å². The molecule has 118 valence electrons. The first-order valence-corrected chi connectivity index (χ1v) is 8.67. The zero-order valence-electron chi connectivity index (χ0n) is 13.6. The summed E-state index contributed by atoms with van der Waals surface area (Å²) < 4.78 is 13.5. The van der Waals surface area contributed by atoms with Gasteiger partial charge in [0.15, 0.2) is 0 Å². The highest BCUT2D eigenvalue weighted by atomic mass is 19.1. The van der Waals surface area contributed by atoms with E-state index in [1.54, 1.807) is 12.1 Å². The van der Waals surface area contributed by atoms with E-state index in [0.29, 0.717) is 6.04 Å². The van der Waals surface area contributed by atoms with Gasteiger partial charge in [-0.25, -0.2) is 4.39 Å². The second-order valence-corrected chi connectivity index (χ2v) is 6.62. The largest absolute Gasteiger partial charge is 0.314 e. The predicted molar refractivity (Wildman–Crippen MR) is 88.1 cm³/mol. The smallest absolute Gasteiger partial charge is 0.123 e. The molecule has 0 radical (unpaired) electrons. The van der Waals surface area contributed by atoms with Crippen LogP contribution in [0.3, 0.4) is 0 Å². The number of hydrogen-bond acceptors (Lipinski definition) is 1. The fourth-order valence-corrected chi connectivity index (χ4v) is 3.65. The second kappa shape index (κ2) is 8.53. The van der Waals surface area contributed by atoms with Gasteiger partial charge in [0.25, 0.3) is 0 Å². The van der Waals surface area contributed by atoms with E-state index in [0.717, 1.165) is 24.4 Å². The molecule has 1 aromatic rings. The Morgan fingerprint density at radius 3 is 2.57 bits per heavy atom. The first-order valence-electron chi connectivity index (χ1n) is 8.67. The maximum absolute atomic E-state index is 13.5. The van der Waals surface area contributed by atoms with Crippen LogP contribution in [0.5, 0.6) is 0 Å². The minimum atomic E-state index is -0.111. The molecule has 0 bridgehead atoms. The van der Waals surface area contributed by atoms with Crippen molar-refractivity contribution in [2.24, 2.45) is 5.92 Å². The number of rotatable bonds is 6. The molecule has 1 aliphatic carbocycles. The topological polar surface area (TPSA) is 12.0 Å². The van der Waals surface area contributed by atoms with Crippen molar-refractivity contribution in [3.8, 4) is 0 Å². The summed E-state index contributed by atoms with van der Waals surface area (Å²) in [5.74, 6) is 0.741. The van der Waals surface area contributed by atoms with E-state index in [9.17, 15) is 4.39 Å². The molecular weight excluding hydrogens is 261 g/mol. The molecule has 1 aliphatic rings. The van der Waals surface area contributed by atoms with Crippen molar-refractivity contribution in [1.82, 2.24) is 5.32 Å². The van der Waals surface area contributed by atoms with Crippen molar-refractivity contribution in [3.63, 3.8) is 0 Å². The molecule has 0 saturated heterocycles. The third-order valence-electron chi connectivity index (χ3n) is 4.86. The molecule has 0 amide bonds. The number of aryl methyl sites for hydroxylation is 1. The lowest BCUT2D eigenvalue weighted by Crippen LogP contribution is -2.33.